The van der Waals surface area contributed by atoms with Crippen LogP contribution in [0.4, 0.5) is 0 Å². The van der Waals surface area contributed by atoms with Gasteiger partial charge in [-0.15, -0.1) is 0 Å². The number of aromatic nitrogens is 2. The topological polar surface area (TPSA) is 64.1 Å². The molecule has 4 nitrogen and oxygen atoms in total. The molecule has 2 rings (SSSR count). The van der Waals surface area contributed by atoms with Gasteiger partial charge in [0.2, 0.25) is 0 Å². The number of aliphatic hydroxyl groups is 1. The van der Waals surface area contributed by atoms with E-state index in [1.807, 2.05) is 18.7 Å². The first-order valence-corrected chi connectivity index (χ1v) is 5.01. The Morgan fingerprint density at radius 1 is 1.64 bits per heavy atom. The molecule has 0 amide bonds. The van der Waals surface area contributed by atoms with E-state index in [9.17, 15) is 5.11 Å². The van der Waals surface area contributed by atoms with Gasteiger partial charge in [0, 0.05) is 18.3 Å². The van der Waals surface area contributed by atoms with Crippen molar-refractivity contribution in [3.05, 3.63) is 17.0 Å². The van der Waals surface area contributed by atoms with Crippen LogP contribution in [0.1, 0.15) is 29.8 Å². The van der Waals surface area contributed by atoms with Crippen molar-refractivity contribution in [2.24, 2.45) is 12.8 Å². The predicted octanol–water partition coefficient (Wildman–Crippen LogP) is 0.211. The Morgan fingerprint density at radius 2 is 2.36 bits per heavy atom. The Morgan fingerprint density at radius 3 is 3.00 bits per heavy atom. The summed E-state index contributed by atoms with van der Waals surface area (Å²) in [5.41, 5.74) is 8.82. The van der Waals surface area contributed by atoms with Gasteiger partial charge in [0.15, 0.2) is 0 Å². The first-order chi connectivity index (χ1) is 6.58. The molecule has 0 bridgehead atoms. The predicted molar refractivity (Wildman–Crippen MR) is 53.8 cm³/mol. The number of nitrogens with zero attached hydrogens (tertiary/aromatic N) is 2. The fourth-order valence-corrected chi connectivity index (χ4v) is 2.35. The average Bonchev–Trinajstić information content (AvgIpc) is 2.44. The maximum atomic E-state index is 9.37. The van der Waals surface area contributed by atoms with Crippen LogP contribution in [-0.2, 0) is 19.0 Å². The van der Waals surface area contributed by atoms with Gasteiger partial charge < -0.3 is 10.8 Å². The highest BCUT2D eigenvalue weighted by atomic mass is 16.3. The zero-order chi connectivity index (χ0) is 10.3. The summed E-state index contributed by atoms with van der Waals surface area (Å²) < 4.78 is 1.85. The molecule has 1 aromatic rings. The monoisotopic (exact) mass is 195 g/mol. The molecule has 14 heavy (non-hydrogen) atoms. The van der Waals surface area contributed by atoms with Crippen LogP contribution in [0.3, 0.4) is 0 Å². The number of aliphatic hydroxyl groups excluding tert-OH is 1. The number of rotatable bonds is 1. The summed E-state index contributed by atoms with van der Waals surface area (Å²) >= 11 is 0. The van der Waals surface area contributed by atoms with E-state index in [2.05, 4.69) is 5.10 Å². The van der Waals surface area contributed by atoms with Crippen LogP contribution in [0.15, 0.2) is 0 Å². The summed E-state index contributed by atoms with van der Waals surface area (Å²) in [5.74, 6) is 0. The zero-order valence-corrected chi connectivity index (χ0v) is 8.75. The second kappa shape index (κ2) is 3.07. The van der Waals surface area contributed by atoms with Crippen molar-refractivity contribution in [2.45, 2.75) is 31.7 Å². The first-order valence-electron chi connectivity index (χ1n) is 5.01. The van der Waals surface area contributed by atoms with Crippen molar-refractivity contribution in [2.75, 3.05) is 6.61 Å². The lowest BCUT2D eigenvalue weighted by Gasteiger charge is -2.31. The number of nitrogens with two attached hydrogens (primary N) is 1. The largest absolute Gasteiger partial charge is 0.394 e. The van der Waals surface area contributed by atoms with Crippen LogP contribution in [0, 0.1) is 6.92 Å². The quantitative estimate of drug-likeness (QED) is 0.673. The van der Waals surface area contributed by atoms with Gasteiger partial charge >= 0.3 is 0 Å². The van der Waals surface area contributed by atoms with Crippen LogP contribution >= 0.6 is 0 Å². The molecule has 1 atom stereocenters. The van der Waals surface area contributed by atoms with E-state index in [-0.39, 0.29) is 6.61 Å². The molecule has 1 aliphatic carbocycles. The van der Waals surface area contributed by atoms with Gasteiger partial charge in [-0.05, 0) is 26.2 Å². The maximum absolute atomic E-state index is 9.37. The van der Waals surface area contributed by atoms with Gasteiger partial charge in [-0.1, -0.05) is 0 Å². The highest BCUT2D eigenvalue weighted by Crippen LogP contribution is 2.34. The van der Waals surface area contributed by atoms with Gasteiger partial charge in [0.1, 0.15) is 0 Å². The Bertz CT molecular complexity index is 358. The van der Waals surface area contributed by atoms with Crippen LogP contribution < -0.4 is 5.73 Å². The summed E-state index contributed by atoms with van der Waals surface area (Å²) in [6.45, 7) is 2.01. The molecule has 78 valence electrons. The molecule has 1 heterocycles. The summed E-state index contributed by atoms with van der Waals surface area (Å²) in [4.78, 5) is 0. The Labute approximate surface area is 83.7 Å². The summed E-state index contributed by atoms with van der Waals surface area (Å²) in [5, 5.41) is 13.8. The minimum Gasteiger partial charge on any atom is -0.394 e. The molecule has 0 aromatic carbocycles. The van der Waals surface area contributed by atoms with Crippen LogP contribution in [0.25, 0.3) is 0 Å². The van der Waals surface area contributed by atoms with Gasteiger partial charge in [-0.3, -0.25) is 4.68 Å². The Kier molecular flexibility index (Phi) is 2.12. The smallest absolute Gasteiger partial charge is 0.0680 e. The van der Waals surface area contributed by atoms with Crippen molar-refractivity contribution in [1.82, 2.24) is 9.78 Å². The van der Waals surface area contributed by atoms with Gasteiger partial charge in [0.05, 0.1) is 17.8 Å². The van der Waals surface area contributed by atoms with Gasteiger partial charge in [-0.25, -0.2) is 0 Å². The lowest BCUT2D eigenvalue weighted by atomic mass is 9.80. The van der Waals surface area contributed by atoms with Crippen LogP contribution in [0.5, 0.6) is 0 Å². The number of fused-ring (bicyclic) bond motifs is 1. The van der Waals surface area contributed by atoms with Gasteiger partial charge in [-0.2, -0.15) is 5.10 Å². The third kappa shape index (κ3) is 1.18. The number of hydrogen-bond donors (Lipinski definition) is 2. The number of aryl methyl sites for hydroxylation is 2. The van der Waals surface area contributed by atoms with E-state index < -0.39 is 5.54 Å². The van der Waals surface area contributed by atoms with Crippen molar-refractivity contribution in [1.29, 1.82) is 0 Å². The maximum Gasteiger partial charge on any atom is 0.0680 e. The highest BCUT2D eigenvalue weighted by molar-refractivity contribution is 5.35. The van der Waals surface area contributed by atoms with Crippen LogP contribution in [-0.4, -0.2) is 21.5 Å². The summed E-state index contributed by atoms with van der Waals surface area (Å²) in [6, 6.07) is 0. The first kappa shape index (κ1) is 9.68. The molecule has 0 fully saturated rings. The van der Waals surface area contributed by atoms with Crippen molar-refractivity contribution < 1.29 is 5.11 Å². The standard InChI is InChI=1S/C10H17N3O/c1-7-9-8(12-13(7)2)4-3-5-10(9,11)6-14/h14H,3-6,11H2,1-2H3. The highest BCUT2D eigenvalue weighted by Gasteiger charge is 2.36. The fraction of sp³-hybridized carbons (Fsp3) is 0.700. The number of hydrogen-bond acceptors (Lipinski definition) is 3. The summed E-state index contributed by atoms with van der Waals surface area (Å²) in [7, 11) is 1.92. The molecular weight excluding hydrogens is 178 g/mol. The van der Waals surface area contributed by atoms with E-state index in [0.717, 1.165) is 36.2 Å². The van der Waals surface area contributed by atoms with Crippen molar-refractivity contribution in [3.63, 3.8) is 0 Å². The zero-order valence-electron chi connectivity index (χ0n) is 8.75. The Hall–Kier alpha value is -0.870. The molecule has 1 aromatic heterocycles. The van der Waals surface area contributed by atoms with Crippen molar-refractivity contribution >= 4 is 0 Å². The average molecular weight is 195 g/mol. The third-order valence-corrected chi connectivity index (χ3v) is 3.22. The molecule has 0 saturated heterocycles. The normalized spacial score (nSPS) is 26.3. The SMILES string of the molecule is Cc1c2c(nn1C)CCCC2(N)CO. The Balaban J connectivity index is 2.58. The minimum absolute atomic E-state index is 0.00648. The fourth-order valence-electron chi connectivity index (χ4n) is 2.35. The molecule has 0 spiro atoms. The molecule has 1 unspecified atom stereocenters. The molecule has 3 N–H and O–H groups in total. The molecule has 0 radical (unpaired) electrons. The van der Waals surface area contributed by atoms with E-state index in [1.165, 1.54) is 0 Å². The van der Waals surface area contributed by atoms with Crippen LogP contribution in [0.2, 0.25) is 0 Å². The third-order valence-electron chi connectivity index (χ3n) is 3.22. The second-order valence-electron chi connectivity index (χ2n) is 4.20. The molecule has 4 heteroatoms. The molecule has 1 aliphatic rings. The van der Waals surface area contributed by atoms with E-state index in [0.29, 0.717) is 0 Å². The van der Waals surface area contributed by atoms with E-state index in [1.54, 1.807) is 0 Å². The molecule has 0 aliphatic heterocycles. The second-order valence-corrected chi connectivity index (χ2v) is 4.20. The van der Waals surface area contributed by atoms with E-state index in [4.69, 9.17) is 5.73 Å². The summed E-state index contributed by atoms with van der Waals surface area (Å²) in [6.07, 6.45) is 2.85. The minimum atomic E-state index is -0.564. The lowest BCUT2D eigenvalue weighted by molar-refractivity contribution is 0.178. The van der Waals surface area contributed by atoms with E-state index >= 15 is 0 Å². The molecular formula is C10H17N3O. The van der Waals surface area contributed by atoms with Gasteiger partial charge in [0.25, 0.3) is 0 Å². The lowest BCUT2D eigenvalue weighted by Crippen LogP contribution is -2.43. The molecule has 0 saturated carbocycles. The van der Waals surface area contributed by atoms with Crippen molar-refractivity contribution in [3.8, 4) is 0 Å².